The van der Waals surface area contributed by atoms with Crippen molar-refractivity contribution in [1.29, 1.82) is 0 Å². The van der Waals surface area contributed by atoms with E-state index in [9.17, 15) is 4.79 Å². The van der Waals surface area contributed by atoms with Gasteiger partial charge in [-0.3, -0.25) is 4.79 Å². The molecule has 3 aromatic rings. The average Bonchev–Trinajstić information content (AvgIpc) is 2.69. The smallest absolute Gasteiger partial charge is 0.248 e. The lowest BCUT2D eigenvalue weighted by Gasteiger charge is -2.26. The van der Waals surface area contributed by atoms with E-state index >= 15 is 0 Å². The summed E-state index contributed by atoms with van der Waals surface area (Å²) in [6.45, 7) is 0.487. The maximum atomic E-state index is 13.2. The van der Waals surface area contributed by atoms with Crippen LogP contribution in [0.5, 0.6) is 0 Å². The molecule has 27 heavy (non-hydrogen) atoms. The Bertz CT molecular complexity index is 898. The van der Waals surface area contributed by atoms with Gasteiger partial charge in [0.05, 0.1) is 0 Å². The Hall–Kier alpha value is -2.33. The molecule has 3 rings (SSSR count). The number of hydrogen-bond acceptors (Lipinski definition) is 2. The summed E-state index contributed by atoms with van der Waals surface area (Å²) < 4.78 is 0. The maximum Gasteiger partial charge on any atom is 0.248 e. The Kier molecular flexibility index (Phi) is 6.51. The van der Waals surface area contributed by atoms with E-state index in [0.717, 1.165) is 16.8 Å². The molecular formula is C22H20Cl2N2O. The lowest BCUT2D eigenvalue weighted by Crippen LogP contribution is -2.40. The van der Waals surface area contributed by atoms with E-state index in [1.54, 1.807) is 17.0 Å². The van der Waals surface area contributed by atoms with Crippen LogP contribution in [0.1, 0.15) is 17.2 Å². The Balaban J connectivity index is 1.85. The Morgan fingerprint density at radius 2 is 1.59 bits per heavy atom. The normalized spacial score (nSPS) is 11.8. The zero-order valence-electron chi connectivity index (χ0n) is 14.7. The van der Waals surface area contributed by atoms with Crippen LogP contribution in [0.3, 0.4) is 0 Å². The van der Waals surface area contributed by atoms with Crippen LogP contribution in [0.2, 0.25) is 10.0 Å². The Labute approximate surface area is 169 Å². The summed E-state index contributed by atoms with van der Waals surface area (Å²) >= 11 is 12.1. The third kappa shape index (κ3) is 5.10. The van der Waals surface area contributed by atoms with Crippen molar-refractivity contribution in [2.24, 2.45) is 5.73 Å². The molecule has 0 aromatic heterocycles. The van der Waals surface area contributed by atoms with Gasteiger partial charge in [0.2, 0.25) is 5.91 Å². The van der Waals surface area contributed by atoms with Crippen LogP contribution in [0, 0.1) is 0 Å². The highest BCUT2D eigenvalue weighted by Gasteiger charge is 2.23. The van der Waals surface area contributed by atoms with Crippen LogP contribution < -0.4 is 10.6 Å². The molecule has 0 aliphatic carbocycles. The van der Waals surface area contributed by atoms with E-state index in [4.69, 9.17) is 28.9 Å². The van der Waals surface area contributed by atoms with Gasteiger partial charge in [0.25, 0.3) is 0 Å². The fraction of sp³-hybridized carbons (Fsp3) is 0.136. The lowest BCUT2D eigenvalue weighted by molar-refractivity contribution is -0.120. The van der Waals surface area contributed by atoms with Gasteiger partial charge in [0.15, 0.2) is 0 Å². The summed E-state index contributed by atoms with van der Waals surface area (Å²) in [4.78, 5) is 14.9. The number of nitrogens with zero attached hydrogens (tertiary/aromatic N) is 1. The van der Waals surface area contributed by atoms with E-state index in [1.807, 2.05) is 66.7 Å². The monoisotopic (exact) mass is 398 g/mol. The fourth-order valence-corrected chi connectivity index (χ4v) is 3.18. The second kappa shape index (κ2) is 9.05. The number of amides is 1. The molecule has 0 bridgehead atoms. The van der Waals surface area contributed by atoms with Crippen molar-refractivity contribution < 1.29 is 4.79 Å². The predicted molar refractivity (Wildman–Crippen MR) is 112 cm³/mol. The highest BCUT2D eigenvalue weighted by Crippen LogP contribution is 2.24. The number of hydrogen-bond donors (Lipinski definition) is 1. The minimum Gasteiger partial charge on any atom is -0.316 e. The van der Waals surface area contributed by atoms with Crippen molar-refractivity contribution in [3.05, 3.63) is 100 Å². The van der Waals surface area contributed by atoms with Crippen LogP contribution in [0.15, 0.2) is 78.9 Å². The van der Waals surface area contributed by atoms with Crippen molar-refractivity contribution in [2.75, 3.05) is 11.4 Å². The quantitative estimate of drug-likeness (QED) is 0.614. The second-order valence-electron chi connectivity index (χ2n) is 6.23. The molecule has 0 saturated carbocycles. The van der Waals surface area contributed by atoms with Crippen molar-refractivity contribution in [2.45, 2.75) is 12.5 Å². The SMILES string of the molecule is NC(C(=O)N(CCc1ccc(Cl)cc1)c1cccc(Cl)c1)c1ccccc1. The molecule has 0 aliphatic heterocycles. The number of anilines is 1. The van der Waals surface area contributed by atoms with Crippen LogP contribution >= 0.6 is 23.2 Å². The maximum absolute atomic E-state index is 13.2. The number of halogens is 2. The van der Waals surface area contributed by atoms with Gasteiger partial charge in [-0.2, -0.15) is 0 Å². The Morgan fingerprint density at radius 1 is 0.889 bits per heavy atom. The molecule has 2 N–H and O–H groups in total. The molecule has 5 heteroatoms. The summed E-state index contributed by atoms with van der Waals surface area (Å²) in [7, 11) is 0. The molecule has 138 valence electrons. The second-order valence-corrected chi connectivity index (χ2v) is 7.11. The number of carbonyl (C=O) groups is 1. The zero-order valence-corrected chi connectivity index (χ0v) is 16.2. The number of carbonyl (C=O) groups excluding carboxylic acids is 1. The summed E-state index contributed by atoms with van der Waals surface area (Å²) in [5, 5.41) is 1.26. The van der Waals surface area contributed by atoms with Gasteiger partial charge in [-0.05, 0) is 47.9 Å². The van der Waals surface area contributed by atoms with E-state index < -0.39 is 6.04 Å². The standard InChI is InChI=1S/C22H20Cl2N2O/c23-18-11-9-16(10-12-18)13-14-26(20-8-4-7-19(24)15-20)22(27)21(25)17-5-2-1-3-6-17/h1-12,15,21H,13-14,25H2. The van der Waals surface area contributed by atoms with Crippen LogP contribution in [0.25, 0.3) is 0 Å². The first-order chi connectivity index (χ1) is 13.0. The molecule has 1 unspecified atom stereocenters. The first kappa shape index (κ1) is 19.4. The third-order valence-electron chi connectivity index (χ3n) is 4.35. The minimum atomic E-state index is -0.740. The highest BCUT2D eigenvalue weighted by molar-refractivity contribution is 6.31. The van der Waals surface area contributed by atoms with E-state index in [1.165, 1.54) is 0 Å². The molecule has 3 aromatic carbocycles. The Morgan fingerprint density at radius 3 is 2.26 bits per heavy atom. The van der Waals surface area contributed by atoms with Gasteiger partial charge in [0.1, 0.15) is 6.04 Å². The van der Waals surface area contributed by atoms with Crippen LogP contribution in [-0.4, -0.2) is 12.5 Å². The molecule has 3 nitrogen and oxygen atoms in total. The predicted octanol–water partition coefficient (Wildman–Crippen LogP) is 5.27. The highest BCUT2D eigenvalue weighted by atomic mass is 35.5. The molecule has 0 radical (unpaired) electrons. The van der Waals surface area contributed by atoms with Gasteiger partial charge in [-0.25, -0.2) is 0 Å². The largest absolute Gasteiger partial charge is 0.316 e. The van der Waals surface area contributed by atoms with Gasteiger partial charge in [-0.1, -0.05) is 71.7 Å². The van der Waals surface area contributed by atoms with Gasteiger partial charge in [0, 0.05) is 22.3 Å². The van der Waals surface area contributed by atoms with Gasteiger partial charge >= 0.3 is 0 Å². The van der Waals surface area contributed by atoms with Crippen LogP contribution in [-0.2, 0) is 11.2 Å². The third-order valence-corrected chi connectivity index (χ3v) is 4.84. The van der Waals surface area contributed by atoms with Gasteiger partial charge in [-0.15, -0.1) is 0 Å². The average molecular weight is 399 g/mol. The fourth-order valence-electron chi connectivity index (χ4n) is 2.87. The number of benzene rings is 3. The molecule has 0 fully saturated rings. The molecular weight excluding hydrogens is 379 g/mol. The van der Waals surface area contributed by atoms with Gasteiger partial charge < -0.3 is 10.6 Å². The zero-order chi connectivity index (χ0) is 19.2. The van der Waals surface area contributed by atoms with Crippen molar-refractivity contribution in [1.82, 2.24) is 0 Å². The molecule has 0 saturated heterocycles. The van der Waals surface area contributed by atoms with E-state index in [-0.39, 0.29) is 5.91 Å². The lowest BCUT2D eigenvalue weighted by atomic mass is 10.1. The van der Waals surface area contributed by atoms with Crippen molar-refractivity contribution >= 4 is 34.8 Å². The van der Waals surface area contributed by atoms with E-state index in [0.29, 0.717) is 23.0 Å². The molecule has 0 heterocycles. The summed E-state index contributed by atoms with van der Waals surface area (Å²) in [6, 6.07) is 23.5. The number of rotatable bonds is 6. The molecule has 1 atom stereocenters. The van der Waals surface area contributed by atoms with E-state index in [2.05, 4.69) is 0 Å². The number of nitrogens with two attached hydrogens (primary N) is 1. The van der Waals surface area contributed by atoms with Crippen molar-refractivity contribution in [3.8, 4) is 0 Å². The first-order valence-electron chi connectivity index (χ1n) is 8.66. The first-order valence-corrected chi connectivity index (χ1v) is 9.42. The summed E-state index contributed by atoms with van der Waals surface area (Å²) in [6.07, 6.45) is 0.678. The molecule has 0 aliphatic rings. The molecule has 0 spiro atoms. The van der Waals surface area contributed by atoms with Crippen molar-refractivity contribution in [3.63, 3.8) is 0 Å². The topological polar surface area (TPSA) is 46.3 Å². The van der Waals surface area contributed by atoms with Crippen LogP contribution in [0.4, 0.5) is 5.69 Å². The minimum absolute atomic E-state index is 0.169. The summed E-state index contributed by atoms with van der Waals surface area (Å²) in [5.41, 5.74) is 8.86. The molecule has 1 amide bonds. The summed E-state index contributed by atoms with van der Waals surface area (Å²) in [5.74, 6) is -0.169.